The van der Waals surface area contributed by atoms with Crippen LogP contribution in [0.3, 0.4) is 0 Å². The van der Waals surface area contributed by atoms with Gasteiger partial charge in [-0.3, -0.25) is 0 Å². The molecule has 3 nitrogen and oxygen atoms in total. The van der Waals surface area contributed by atoms with Crippen molar-refractivity contribution in [2.45, 2.75) is 5.44 Å². The van der Waals surface area contributed by atoms with Crippen LogP contribution in [0, 0.1) is 0 Å². The molecule has 0 rings (SSSR count). The van der Waals surface area contributed by atoms with E-state index in [2.05, 4.69) is 17.4 Å². The lowest BCUT2D eigenvalue weighted by Crippen LogP contribution is -2.10. The van der Waals surface area contributed by atoms with Crippen molar-refractivity contribution in [2.75, 3.05) is 19.8 Å². The van der Waals surface area contributed by atoms with Gasteiger partial charge in [0, 0.05) is 0 Å². The number of aliphatic hydroxyl groups is 2. The monoisotopic (exact) mass is 138 g/mol. The lowest BCUT2D eigenvalue weighted by Gasteiger charge is -2.01. The summed E-state index contributed by atoms with van der Waals surface area (Å²) in [6.07, 6.45) is 0. The minimum Gasteiger partial charge on any atom is -0.394 e. The molecule has 8 heavy (non-hydrogen) atoms. The van der Waals surface area contributed by atoms with E-state index in [1.807, 2.05) is 0 Å². The van der Waals surface area contributed by atoms with Crippen LogP contribution in [0.15, 0.2) is 0 Å². The Hall–Kier alpha value is 0.230. The van der Waals surface area contributed by atoms with Gasteiger partial charge in [0.25, 0.3) is 0 Å². The van der Waals surface area contributed by atoms with Gasteiger partial charge in [-0.1, -0.05) is 0 Å². The van der Waals surface area contributed by atoms with Crippen LogP contribution in [-0.2, 0) is 4.74 Å². The van der Waals surface area contributed by atoms with Crippen LogP contribution in [0.25, 0.3) is 0 Å². The van der Waals surface area contributed by atoms with Crippen LogP contribution >= 0.6 is 12.6 Å². The summed E-state index contributed by atoms with van der Waals surface area (Å²) in [6.45, 7) is 0.418. The van der Waals surface area contributed by atoms with Crippen LogP contribution in [-0.4, -0.2) is 35.5 Å². The average Bonchev–Trinajstić information content (AvgIpc) is 1.66. The van der Waals surface area contributed by atoms with Crippen LogP contribution in [0.4, 0.5) is 0 Å². The van der Waals surface area contributed by atoms with Crippen molar-refractivity contribution < 1.29 is 14.9 Å². The number of ether oxygens (including phenoxy) is 1. The molecule has 0 aliphatic carbocycles. The molecule has 0 aliphatic heterocycles. The van der Waals surface area contributed by atoms with Crippen molar-refractivity contribution in [3.8, 4) is 0 Å². The number of thiol groups is 1. The third-order valence-electron chi connectivity index (χ3n) is 0.503. The third-order valence-corrected chi connectivity index (χ3v) is 0.652. The molecule has 50 valence electrons. The highest BCUT2D eigenvalue weighted by atomic mass is 32.1. The molecule has 0 aromatic carbocycles. The molecule has 0 saturated carbocycles. The number of aliphatic hydroxyl groups excluding tert-OH is 2. The maximum Gasteiger partial charge on any atom is 0.120 e. The van der Waals surface area contributed by atoms with E-state index in [4.69, 9.17) is 10.2 Å². The molecule has 0 aromatic heterocycles. The zero-order valence-corrected chi connectivity index (χ0v) is 5.34. The van der Waals surface area contributed by atoms with E-state index in [0.29, 0.717) is 0 Å². The van der Waals surface area contributed by atoms with Gasteiger partial charge >= 0.3 is 0 Å². The smallest absolute Gasteiger partial charge is 0.120 e. The lowest BCUT2D eigenvalue weighted by molar-refractivity contribution is 0.0545. The molecular formula is C4H10O3S. The minimum absolute atomic E-state index is 0.0134. The molecule has 1 atom stereocenters. The predicted molar refractivity (Wildman–Crippen MR) is 32.9 cm³/mol. The fourth-order valence-electron chi connectivity index (χ4n) is 0.253. The molecule has 2 N–H and O–H groups in total. The first-order valence-corrected chi connectivity index (χ1v) is 2.83. The van der Waals surface area contributed by atoms with Gasteiger partial charge in [0.1, 0.15) is 5.44 Å². The summed E-state index contributed by atoms with van der Waals surface area (Å²) in [6, 6.07) is 0. The van der Waals surface area contributed by atoms with Crippen LogP contribution < -0.4 is 0 Å². The van der Waals surface area contributed by atoms with Gasteiger partial charge in [-0.2, -0.15) is 0 Å². The van der Waals surface area contributed by atoms with Crippen LogP contribution in [0.1, 0.15) is 0 Å². The molecule has 0 bridgehead atoms. The summed E-state index contributed by atoms with van der Waals surface area (Å²) in [7, 11) is 0. The van der Waals surface area contributed by atoms with E-state index in [1.54, 1.807) is 0 Å². The largest absolute Gasteiger partial charge is 0.394 e. The molecule has 1 unspecified atom stereocenters. The molecule has 0 aliphatic rings. The molecular weight excluding hydrogens is 128 g/mol. The SMILES string of the molecule is OCCOCC(O)S. The van der Waals surface area contributed by atoms with E-state index in [-0.39, 0.29) is 19.8 Å². The average molecular weight is 138 g/mol. The van der Waals surface area contributed by atoms with Gasteiger partial charge in [0.05, 0.1) is 19.8 Å². The van der Waals surface area contributed by atoms with Crippen LogP contribution in [0.2, 0.25) is 0 Å². The van der Waals surface area contributed by atoms with E-state index >= 15 is 0 Å². The zero-order valence-electron chi connectivity index (χ0n) is 4.45. The van der Waals surface area contributed by atoms with Crippen molar-refractivity contribution in [1.82, 2.24) is 0 Å². The summed E-state index contributed by atoms with van der Waals surface area (Å²) < 4.78 is 4.67. The highest BCUT2D eigenvalue weighted by molar-refractivity contribution is 7.80. The van der Waals surface area contributed by atoms with Crippen molar-refractivity contribution in [2.24, 2.45) is 0 Å². The molecule has 0 radical (unpaired) electrons. The Kier molecular flexibility index (Phi) is 5.52. The third kappa shape index (κ3) is 6.23. The maximum absolute atomic E-state index is 8.44. The molecule has 4 heteroatoms. The Morgan fingerprint density at radius 2 is 2.25 bits per heavy atom. The second-order valence-electron chi connectivity index (χ2n) is 1.28. The Labute approximate surface area is 53.7 Å². The Bertz CT molecular complexity index is 48.5. The van der Waals surface area contributed by atoms with E-state index in [0.717, 1.165) is 0 Å². The first-order chi connectivity index (χ1) is 3.77. The number of hydrogen-bond donors (Lipinski definition) is 3. The molecule has 0 fully saturated rings. The highest BCUT2D eigenvalue weighted by Crippen LogP contribution is 1.87. The standard InChI is InChI=1S/C4H10O3S/c5-1-2-7-3-4(6)8/h4-6,8H,1-3H2. The van der Waals surface area contributed by atoms with Gasteiger partial charge in [-0.15, -0.1) is 12.6 Å². The van der Waals surface area contributed by atoms with E-state index in [1.165, 1.54) is 0 Å². The summed E-state index contributed by atoms with van der Waals surface area (Å²) in [5.74, 6) is 0. The molecule has 0 heterocycles. The topological polar surface area (TPSA) is 49.7 Å². The second-order valence-corrected chi connectivity index (χ2v) is 1.88. The van der Waals surface area contributed by atoms with Crippen molar-refractivity contribution >= 4 is 12.6 Å². The van der Waals surface area contributed by atoms with Gasteiger partial charge < -0.3 is 14.9 Å². The van der Waals surface area contributed by atoms with Gasteiger partial charge in [-0.05, 0) is 0 Å². The zero-order chi connectivity index (χ0) is 6.41. The molecule has 0 amide bonds. The first-order valence-electron chi connectivity index (χ1n) is 2.32. The predicted octanol–water partition coefficient (Wildman–Crippen LogP) is -0.757. The Morgan fingerprint density at radius 1 is 1.62 bits per heavy atom. The van der Waals surface area contributed by atoms with Gasteiger partial charge in [0.15, 0.2) is 0 Å². The summed E-state index contributed by atoms with van der Waals surface area (Å²) in [4.78, 5) is 0. The fraction of sp³-hybridized carbons (Fsp3) is 1.00. The highest BCUT2D eigenvalue weighted by Gasteiger charge is 1.92. The van der Waals surface area contributed by atoms with E-state index < -0.39 is 5.44 Å². The van der Waals surface area contributed by atoms with Gasteiger partial charge in [-0.25, -0.2) is 0 Å². The molecule has 0 spiro atoms. The maximum atomic E-state index is 8.44. The lowest BCUT2D eigenvalue weighted by atomic mass is 10.7. The van der Waals surface area contributed by atoms with Crippen LogP contribution in [0.5, 0.6) is 0 Å². The number of hydrogen-bond acceptors (Lipinski definition) is 4. The minimum atomic E-state index is -0.735. The first kappa shape index (κ1) is 8.23. The molecule has 0 saturated heterocycles. The summed E-state index contributed by atoms with van der Waals surface area (Å²) >= 11 is 3.62. The van der Waals surface area contributed by atoms with Crippen molar-refractivity contribution in [3.63, 3.8) is 0 Å². The fourth-order valence-corrected chi connectivity index (χ4v) is 0.359. The Balaban J connectivity index is 2.72. The summed E-state index contributed by atoms with van der Waals surface area (Å²) in [5.41, 5.74) is -0.735. The van der Waals surface area contributed by atoms with Crippen molar-refractivity contribution in [1.29, 1.82) is 0 Å². The second kappa shape index (κ2) is 5.37. The van der Waals surface area contributed by atoms with Crippen molar-refractivity contribution in [3.05, 3.63) is 0 Å². The van der Waals surface area contributed by atoms with E-state index in [9.17, 15) is 0 Å². The number of rotatable bonds is 4. The quantitative estimate of drug-likeness (QED) is 0.272. The molecule has 0 aromatic rings. The normalized spacial score (nSPS) is 13.9. The summed E-state index contributed by atoms with van der Waals surface area (Å²) in [5, 5.41) is 16.6. The Morgan fingerprint density at radius 3 is 2.62 bits per heavy atom. The van der Waals surface area contributed by atoms with Gasteiger partial charge in [0.2, 0.25) is 0 Å².